The van der Waals surface area contributed by atoms with Crippen LogP contribution in [0.3, 0.4) is 0 Å². The van der Waals surface area contributed by atoms with Crippen LogP contribution in [0.25, 0.3) is 0 Å². The lowest BCUT2D eigenvalue weighted by atomic mass is 10.2. The van der Waals surface area contributed by atoms with Crippen molar-refractivity contribution >= 4 is 11.5 Å². The molecule has 4 heteroatoms. The van der Waals surface area contributed by atoms with E-state index >= 15 is 0 Å². The number of para-hydroxylation sites is 1. The van der Waals surface area contributed by atoms with Crippen LogP contribution < -0.4 is 11.3 Å². The predicted molar refractivity (Wildman–Crippen MR) is 68.9 cm³/mol. The molecule has 0 spiro atoms. The second-order valence-electron chi connectivity index (χ2n) is 3.58. The number of pyridine rings is 1. The first-order chi connectivity index (χ1) is 8.31. The quantitative estimate of drug-likeness (QED) is 0.356. The molecular weight excluding hydrogens is 212 g/mol. The molecule has 1 heterocycles. The van der Waals surface area contributed by atoms with Gasteiger partial charge in [0.15, 0.2) is 0 Å². The molecule has 2 aromatic rings. The summed E-state index contributed by atoms with van der Waals surface area (Å²) in [4.78, 5) is 8.66. The Kier molecular flexibility index (Phi) is 3.47. The summed E-state index contributed by atoms with van der Waals surface area (Å²) in [5, 5.41) is 0. The van der Waals surface area contributed by atoms with Crippen molar-refractivity contribution in [3.05, 3.63) is 59.9 Å². The molecule has 0 aliphatic carbocycles. The Balaban J connectivity index is 2.41. The van der Waals surface area contributed by atoms with Gasteiger partial charge in [-0.15, -0.1) is 0 Å². The molecule has 0 aliphatic heterocycles. The molecule has 0 fully saturated rings. The Morgan fingerprint density at radius 3 is 2.59 bits per heavy atom. The number of aryl methyl sites for hydroxylation is 1. The largest absolute Gasteiger partial charge is 0.308 e. The third-order valence-electron chi connectivity index (χ3n) is 2.40. The summed E-state index contributed by atoms with van der Waals surface area (Å²) >= 11 is 0. The molecule has 1 aromatic carbocycles. The first-order valence-corrected chi connectivity index (χ1v) is 5.33. The lowest BCUT2D eigenvalue weighted by molar-refractivity contribution is 1.01. The number of aromatic nitrogens is 1. The van der Waals surface area contributed by atoms with Gasteiger partial charge in [-0.25, -0.2) is 10.8 Å². The highest BCUT2D eigenvalue weighted by Crippen LogP contribution is 2.13. The molecule has 0 atom stereocenters. The van der Waals surface area contributed by atoms with Gasteiger partial charge in [0.25, 0.3) is 0 Å². The second-order valence-corrected chi connectivity index (χ2v) is 3.58. The van der Waals surface area contributed by atoms with E-state index in [4.69, 9.17) is 5.84 Å². The average Bonchev–Trinajstić information content (AvgIpc) is 2.38. The number of amidine groups is 1. The number of nitrogens with zero attached hydrogens (tertiary/aromatic N) is 2. The number of aliphatic imine (C=N–C) groups is 1. The van der Waals surface area contributed by atoms with Crippen molar-refractivity contribution in [1.82, 2.24) is 10.4 Å². The summed E-state index contributed by atoms with van der Waals surface area (Å²) in [5.41, 5.74) is 5.26. The maximum absolute atomic E-state index is 5.51. The van der Waals surface area contributed by atoms with Gasteiger partial charge in [0, 0.05) is 17.5 Å². The molecule has 1 aromatic heterocycles. The molecule has 0 unspecified atom stereocenters. The first-order valence-electron chi connectivity index (χ1n) is 5.33. The summed E-state index contributed by atoms with van der Waals surface area (Å²) in [6, 6.07) is 13.5. The van der Waals surface area contributed by atoms with Crippen LogP contribution in [0.2, 0.25) is 0 Å². The van der Waals surface area contributed by atoms with Gasteiger partial charge in [-0.05, 0) is 31.2 Å². The maximum atomic E-state index is 5.51. The van der Waals surface area contributed by atoms with Crippen molar-refractivity contribution in [2.45, 2.75) is 6.92 Å². The van der Waals surface area contributed by atoms with Crippen molar-refractivity contribution in [3.63, 3.8) is 0 Å². The SMILES string of the molecule is Cc1ncccc1C(=Nc1ccccc1)NN. The summed E-state index contributed by atoms with van der Waals surface area (Å²) in [7, 11) is 0. The van der Waals surface area contributed by atoms with E-state index in [9.17, 15) is 0 Å². The minimum absolute atomic E-state index is 0.613. The van der Waals surface area contributed by atoms with Gasteiger partial charge in [0.2, 0.25) is 0 Å². The van der Waals surface area contributed by atoms with E-state index in [2.05, 4.69) is 15.4 Å². The molecule has 17 heavy (non-hydrogen) atoms. The van der Waals surface area contributed by atoms with Gasteiger partial charge in [-0.2, -0.15) is 0 Å². The van der Waals surface area contributed by atoms with Gasteiger partial charge in [-0.1, -0.05) is 18.2 Å². The van der Waals surface area contributed by atoms with Crippen LogP contribution >= 0.6 is 0 Å². The van der Waals surface area contributed by atoms with Crippen LogP contribution in [0.15, 0.2) is 53.7 Å². The van der Waals surface area contributed by atoms with Crippen molar-refractivity contribution in [3.8, 4) is 0 Å². The zero-order valence-electron chi connectivity index (χ0n) is 9.59. The fourth-order valence-electron chi connectivity index (χ4n) is 1.54. The van der Waals surface area contributed by atoms with E-state index in [1.807, 2.05) is 49.4 Å². The Morgan fingerprint density at radius 2 is 1.94 bits per heavy atom. The fourth-order valence-corrected chi connectivity index (χ4v) is 1.54. The van der Waals surface area contributed by atoms with Crippen molar-refractivity contribution in [1.29, 1.82) is 0 Å². The van der Waals surface area contributed by atoms with Crippen molar-refractivity contribution < 1.29 is 0 Å². The number of hydrazine groups is 1. The Morgan fingerprint density at radius 1 is 1.18 bits per heavy atom. The monoisotopic (exact) mass is 226 g/mol. The molecule has 86 valence electrons. The zero-order valence-corrected chi connectivity index (χ0v) is 9.59. The number of nitrogens with one attached hydrogen (secondary N) is 1. The predicted octanol–water partition coefficient (Wildman–Crippen LogP) is 1.93. The highest BCUT2D eigenvalue weighted by Gasteiger charge is 2.05. The smallest absolute Gasteiger partial charge is 0.149 e. The van der Waals surface area contributed by atoms with Gasteiger partial charge in [0.05, 0.1) is 5.69 Å². The lowest BCUT2D eigenvalue weighted by Crippen LogP contribution is -2.31. The van der Waals surface area contributed by atoms with Gasteiger partial charge < -0.3 is 5.43 Å². The minimum Gasteiger partial charge on any atom is -0.308 e. The van der Waals surface area contributed by atoms with Crippen molar-refractivity contribution in [2.75, 3.05) is 0 Å². The van der Waals surface area contributed by atoms with Crippen LogP contribution in [0.4, 0.5) is 5.69 Å². The normalized spacial score (nSPS) is 11.3. The molecule has 0 radical (unpaired) electrons. The molecule has 3 N–H and O–H groups in total. The third kappa shape index (κ3) is 2.68. The van der Waals surface area contributed by atoms with Gasteiger partial charge in [-0.3, -0.25) is 4.98 Å². The Bertz CT molecular complexity index is 520. The molecule has 0 saturated carbocycles. The molecule has 0 bridgehead atoms. The molecular formula is C13H14N4. The molecule has 0 saturated heterocycles. The fraction of sp³-hybridized carbons (Fsp3) is 0.0769. The summed E-state index contributed by atoms with van der Waals surface area (Å²) < 4.78 is 0. The molecule has 0 aliphatic rings. The summed E-state index contributed by atoms with van der Waals surface area (Å²) in [6.45, 7) is 1.92. The maximum Gasteiger partial charge on any atom is 0.149 e. The standard InChI is InChI=1S/C13H14N4/c1-10-12(8-5-9-15-10)13(17-14)16-11-6-3-2-4-7-11/h2-9H,14H2,1H3,(H,16,17). The summed E-state index contributed by atoms with van der Waals surface area (Å²) in [6.07, 6.45) is 1.75. The van der Waals surface area contributed by atoms with Crippen LogP contribution in [-0.2, 0) is 0 Å². The van der Waals surface area contributed by atoms with Crippen molar-refractivity contribution in [2.24, 2.45) is 10.8 Å². The van der Waals surface area contributed by atoms with E-state index < -0.39 is 0 Å². The highest BCUT2D eigenvalue weighted by atomic mass is 15.3. The lowest BCUT2D eigenvalue weighted by Gasteiger charge is -2.07. The van der Waals surface area contributed by atoms with Gasteiger partial charge in [0.1, 0.15) is 5.84 Å². The number of benzene rings is 1. The highest BCUT2D eigenvalue weighted by molar-refractivity contribution is 6.00. The van der Waals surface area contributed by atoms with Gasteiger partial charge >= 0.3 is 0 Å². The van der Waals surface area contributed by atoms with E-state index in [0.29, 0.717) is 5.84 Å². The van der Waals surface area contributed by atoms with Crippen LogP contribution in [0, 0.1) is 6.92 Å². The molecule has 0 amide bonds. The summed E-state index contributed by atoms with van der Waals surface area (Å²) in [5.74, 6) is 6.13. The Labute approximate surface area is 100 Å². The van der Waals surface area contributed by atoms with E-state index in [1.54, 1.807) is 6.20 Å². The third-order valence-corrected chi connectivity index (χ3v) is 2.40. The number of nitrogens with two attached hydrogens (primary N) is 1. The van der Waals surface area contributed by atoms with E-state index in [1.165, 1.54) is 0 Å². The zero-order chi connectivity index (χ0) is 12.1. The topological polar surface area (TPSA) is 63.3 Å². The average molecular weight is 226 g/mol. The number of rotatable bonds is 2. The van der Waals surface area contributed by atoms with E-state index in [0.717, 1.165) is 16.9 Å². The second kappa shape index (κ2) is 5.23. The Hall–Kier alpha value is -2.20. The van der Waals surface area contributed by atoms with E-state index in [-0.39, 0.29) is 0 Å². The van der Waals surface area contributed by atoms with Crippen LogP contribution in [-0.4, -0.2) is 10.8 Å². The minimum atomic E-state index is 0.613. The molecule has 2 rings (SSSR count). The molecule has 4 nitrogen and oxygen atoms in total. The number of hydrogen-bond acceptors (Lipinski definition) is 3. The van der Waals surface area contributed by atoms with Crippen LogP contribution in [0.5, 0.6) is 0 Å². The first kappa shape index (κ1) is 11.3. The van der Waals surface area contributed by atoms with Crippen LogP contribution in [0.1, 0.15) is 11.3 Å². The number of hydrogen-bond donors (Lipinski definition) is 2.